The smallest absolute Gasteiger partial charge is 0.339 e. The number of aromatic carboxylic acids is 1. The molecule has 1 unspecified atom stereocenters. The number of ether oxygens (including phenoxy) is 1. The zero-order valence-electron chi connectivity index (χ0n) is 13.0. The van der Waals surface area contributed by atoms with E-state index in [0.717, 1.165) is 6.42 Å². The van der Waals surface area contributed by atoms with Gasteiger partial charge in [0.2, 0.25) is 5.91 Å². The number of anilines is 1. The van der Waals surface area contributed by atoms with E-state index in [-0.39, 0.29) is 17.2 Å². The maximum Gasteiger partial charge on any atom is 0.339 e. The second-order valence-corrected chi connectivity index (χ2v) is 5.71. The number of hydrogen-bond donors (Lipinski definition) is 2. The molecule has 1 rings (SSSR count). The largest absolute Gasteiger partial charge is 0.496 e. The Balaban J connectivity index is 2.70. The van der Waals surface area contributed by atoms with E-state index in [9.17, 15) is 9.59 Å². The second kappa shape index (κ2) is 7.67. The first-order valence-electron chi connectivity index (χ1n) is 7.04. The Bertz CT molecular complexity index is 511. The Kier molecular flexibility index (Phi) is 6.21. The number of carboxylic acid groups (broad SMARTS) is 1. The third-order valence-corrected chi connectivity index (χ3v) is 3.12. The molecule has 1 aromatic carbocycles. The minimum absolute atomic E-state index is 0.0728. The molecule has 2 N–H and O–H groups in total. The van der Waals surface area contributed by atoms with Crippen molar-refractivity contribution in [2.75, 3.05) is 12.4 Å². The number of methoxy groups -OCH3 is 1. The standard InChI is InChI=1S/C16H23NO4/c1-10(2)7-11(3)8-15(18)17-12-5-6-13(16(19)20)14(9-12)21-4/h5-6,9-11H,7-8H2,1-4H3,(H,17,18)(H,19,20). The highest BCUT2D eigenvalue weighted by molar-refractivity contribution is 5.94. The Hall–Kier alpha value is -2.04. The third-order valence-electron chi connectivity index (χ3n) is 3.12. The topological polar surface area (TPSA) is 75.6 Å². The highest BCUT2D eigenvalue weighted by Crippen LogP contribution is 2.24. The molecule has 1 aromatic rings. The summed E-state index contributed by atoms with van der Waals surface area (Å²) >= 11 is 0. The minimum atomic E-state index is -1.06. The molecule has 116 valence electrons. The van der Waals surface area contributed by atoms with Crippen LogP contribution in [0.4, 0.5) is 5.69 Å². The van der Waals surface area contributed by atoms with Crippen LogP contribution in [0.25, 0.3) is 0 Å². The van der Waals surface area contributed by atoms with E-state index < -0.39 is 5.97 Å². The van der Waals surface area contributed by atoms with Crippen LogP contribution in [-0.2, 0) is 4.79 Å². The van der Waals surface area contributed by atoms with Gasteiger partial charge in [0.25, 0.3) is 0 Å². The predicted octanol–water partition coefficient (Wildman–Crippen LogP) is 3.40. The molecule has 0 saturated carbocycles. The summed E-state index contributed by atoms with van der Waals surface area (Å²) in [6.45, 7) is 6.31. The lowest BCUT2D eigenvalue weighted by atomic mass is 9.96. The number of carboxylic acids is 1. The molecule has 0 aliphatic heterocycles. The summed E-state index contributed by atoms with van der Waals surface area (Å²) in [6.07, 6.45) is 1.44. The monoisotopic (exact) mass is 293 g/mol. The molecule has 5 heteroatoms. The molecule has 0 bridgehead atoms. The van der Waals surface area contributed by atoms with Gasteiger partial charge in [-0.3, -0.25) is 4.79 Å². The van der Waals surface area contributed by atoms with Crippen molar-refractivity contribution < 1.29 is 19.4 Å². The van der Waals surface area contributed by atoms with Gasteiger partial charge in [-0.05, 0) is 30.4 Å². The summed E-state index contributed by atoms with van der Waals surface area (Å²) in [7, 11) is 1.40. The SMILES string of the molecule is COc1cc(NC(=O)CC(C)CC(C)C)ccc1C(=O)O. The van der Waals surface area contributed by atoms with E-state index >= 15 is 0 Å². The van der Waals surface area contributed by atoms with Gasteiger partial charge in [0.05, 0.1) is 7.11 Å². The van der Waals surface area contributed by atoms with Crippen LogP contribution in [0.1, 0.15) is 44.0 Å². The normalized spacial score (nSPS) is 12.0. The molecular formula is C16H23NO4. The van der Waals surface area contributed by atoms with Crippen molar-refractivity contribution in [1.29, 1.82) is 0 Å². The lowest BCUT2D eigenvalue weighted by Gasteiger charge is -2.14. The molecule has 0 heterocycles. The van der Waals surface area contributed by atoms with Gasteiger partial charge in [0, 0.05) is 18.2 Å². The number of carbonyl (C=O) groups is 2. The molecular weight excluding hydrogens is 270 g/mol. The lowest BCUT2D eigenvalue weighted by Crippen LogP contribution is -2.16. The third kappa shape index (κ3) is 5.45. The van der Waals surface area contributed by atoms with Crippen molar-refractivity contribution in [2.45, 2.75) is 33.6 Å². The van der Waals surface area contributed by atoms with Gasteiger partial charge in [-0.25, -0.2) is 4.79 Å². The Labute approximate surface area is 125 Å². The number of rotatable bonds is 7. The van der Waals surface area contributed by atoms with Gasteiger partial charge < -0.3 is 15.2 Å². The molecule has 0 aromatic heterocycles. The maximum atomic E-state index is 12.0. The van der Waals surface area contributed by atoms with Gasteiger partial charge >= 0.3 is 5.97 Å². The summed E-state index contributed by atoms with van der Waals surface area (Å²) in [4.78, 5) is 22.9. The van der Waals surface area contributed by atoms with Crippen LogP contribution in [0.5, 0.6) is 5.75 Å². The fraction of sp³-hybridized carbons (Fsp3) is 0.500. The van der Waals surface area contributed by atoms with Crippen molar-refractivity contribution in [3.05, 3.63) is 23.8 Å². The van der Waals surface area contributed by atoms with E-state index in [1.54, 1.807) is 6.07 Å². The first-order chi connectivity index (χ1) is 9.83. The van der Waals surface area contributed by atoms with E-state index in [1.807, 2.05) is 6.92 Å². The van der Waals surface area contributed by atoms with Crippen LogP contribution in [-0.4, -0.2) is 24.1 Å². The molecule has 0 saturated heterocycles. The van der Waals surface area contributed by atoms with Crippen LogP contribution in [0.2, 0.25) is 0 Å². The van der Waals surface area contributed by atoms with E-state index in [1.165, 1.54) is 19.2 Å². The van der Waals surface area contributed by atoms with Crippen LogP contribution in [0.15, 0.2) is 18.2 Å². The molecule has 5 nitrogen and oxygen atoms in total. The van der Waals surface area contributed by atoms with Crippen molar-refractivity contribution in [2.24, 2.45) is 11.8 Å². The number of benzene rings is 1. The molecule has 1 amide bonds. The van der Waals surface area contributed by atoms with Crippen molar-refractivity contribution >= 4 is 17.6 Å². The maximum absolute atomic E-state index is 12.0. The summed E-state index contributed by atoms with van der Waals surface area (Å²) in [5, 5.41) is 11.8. The van der Waals surface area contributed by atoms with E-state index in [4.69, 9.17) is 9.84 Å². The molecule has 0 aliphatic rings. The van der Waals surface area contributed by atoms with Gasteiger partial charge in [0.1, 0.15) is 11.3 Å². The quantitative estimate of drug-likeness (QED) is 0.808. The summed E-state index contributed by atoms with van der Waals surface area (Å²) in [5.74, 6) is -0.0352. The fourth-order valence-electron chi connectivity index (χ4n) is 2.36. The predicted molar refractivity (Wildman–Crippen MR) is 81.8 cm³/mol. The Morgan fingerprint density at radius 3 is 2.48 bits per heavy atom. The van der Waals surface area contributed by atoms with Crippen molar-refractivity contribution in [3.8, 4) is 5.75 Å². The first kappa shape index (κ1) is 17.0. The fourth-order valence-corrected chi connectivity index (χ4v) is 2.36. The molecule has 1 atom stereocenters. The van der Waals surface area contributed by atoms with Crippen LogP contribution >= 0.6 is 0 Å². The zero-order chi connectivity index (χ0) is 16.0. The average molecular weight is 293 g/mol. The number of nitrogens with one attached hydrogen (secondary N) is 1. The number of carbonyl (C=O) groups excluding carboxylic acids is 1. The number of amides is 1. The van der Waals surface area contributed by atoms with Gasteiger partial charge in [0.15, 0.2) is 0 Å². The number of hydrogen-bond acceptors (Lipinski definition) is 3. The van der Waals surface area contributed by atoms with Gasteiger partial charge in [-0.2, -0.15) is 0 Å². The highest BCUT2D eigenvalue weighted by atomic mass is 16.5. The Morgan fingerprint density at radius 1 is 1.29 bits per heavy atom. The van der Waals surface area contributed by atoms with E-state index in [0.29, 0.717) is 23.9 Å². The van der Waals surface area contributed by atoms with Crippen LogP contribution in [0.3, 0.4) is 0 Å². The van der Waals surface area contributed by atoms with E-state index in [2.05, 4.69) is 19.2 Å². The summed E-state index contributed by atoms with van der Waals surface area (Å²) < 4.78 is 5.03. The summed E-state index contributed by atoms with van der Waals surface area (Å²) in [5.41, 5.74) is 0.613. The van der Waals surface area contributed by atoms with Crippen molar-refractivity contribution in [1.82, 2.24) is 0 Å². The van der Waals surface area contributed by atoms with Crippen LogP contribution < -0.4 is 10.1 Å². The Morgan fingerprint density at radius 2 is 1.95 bits per heavy atom. The first-order valence-corrected chi connectivity index (χ1v) is 7.04. The van der Waals surface area contributed by atoms with Crippen LogP contribution in [0, 0.1) is 11.8 Å². The van der Waals surface area contributed by atoms with Crippen molar-refractivity contribution in [3.63, 3.8) is 0 Å². The molecule has 0 aliphatic carbocycles. The molecule has 21 heavy (non-hydrogen) atoms. The molecule has 0 fully saturated rings. The van der Waals surface area contributed by atoms with Gasteiger partial charge in [-0.1, -0.05) is 20.8 Å². The highest BCUT2D eigenvalue weighted by Gasteiger charge is 2.14. The second-order valence-electron chi connectivity index (χ2n) is 5.71. The molecule has 0 radical (unpaired) electrons. The average Bonchev–Trinajstić information content (AvgIpc) is 2.36. The minimum Gasteiger partial charge on any atom is -0.496 e. The zero-order valence-corrected chi connectivity index (χ0v) is 13.0. The summed E-state index contributed by atoms with van der Waals surface area (Å²) in [6, 6.07) is 4.51. The molecule has 0 spiro atoms. The van der Waals surface area contributed by atoms with Gasteiger partial charge in [-0.15, -0.1) is 0 Å². The lowest BCUT2D eigenvalue weighted by molar-refractivity contribution is -0.117.